The number of halogens is 3. The molecule has 2 nitrogen and oxygen atoms in total. The van der Waals surface area contributed by atoms with Crippen molar-refractivity contribution in [2.45, 2.75) is 19.1 Å². The first kappa shape index (κ1) is 15.4. The van der Waals surface area contributed by atoms with Crippen LogP contribution in [0.25, 0.3) is 0 Å². The summed E-state index contributed by atoms with van der Waals surface area (Å²) in [5.74, 6) is 0. The Morgan fingerprint density at radius 1 is 0.905 bits per heavy atom. The number of alkyl halides is 3. The van der Waals surface area contributed by atoms with Gasteiger partial charge in [0.2, 0.25) is 0 Å². The first-order chi connectivity index (χ1) is 10.0. The summed E-state index contributed by atoms with van der Waals surface area (Å²) >= 11 is 0. The van der Waals surface area contributed by atoms with Gasteiger partial charge in [0.15, 0.2) is 0 Å². The molecule has 2 rings (SSSR count). The SMILES string of the molecule is NCCc1ccc(CNc2ccccc2C(F)(F)F)cc1. The first-order valence-corrected chi connectivity index (χ1v) is 6.68. The van der Waals surface area contributed by atoms with Crippen LogP contribution in [0.1, 0.15) is 16.7 Å². The van der Waals surface area contributed by atoms with E-state index in [1.807, 2.05) is 24.3 Å². The molecule has 0 aromatic heterocycles. The monoisotopic (exact) mass is 294 g/mol. The van der Waals surface area contributed by atoms with Gasteiger partial charge in [0.05, 0.1) is 5.56 Å². The van der Waals surface area contributed by atoms with Crippen LogP contribution in [0.4, 0.5) is 18.9 Å². The van der Waals surface area contributed by atoms with Gasteiger partial charge in [-0.3, -0.25) is 0 Å². The number of para-hydroxylation sites is 1. The standard InChI is InChI=1S/C16H17F3N2/c17-16(18,19)14-3-1-2-4-15(14)21-11-13-7-5-12(6-8-13)9-10-20/h1-8,21H,9-11,20H2. The molecule has 0 fully saturated rings. The zero-order valence-corrected chi connectivity index (χ0v) is 11.5. The molecule has 0 unspecified atom stereocenters. The molecule has 2 aromatic carbocycles. The van der Waals surface area contributed by atoms with Crippen molar-refractivity contribution in [1.82, 2.24) is 0 Å². The Bertz CT molecular complexity index is 577. The summed E-state index contributed by atoms with van der Waals surface area (Å²) in [7, 11) is 0. The summed E-state index contributed by atoms with van der Waals surface area (Å²) in [6.07, 6.45) is -3.56. The normalized spacial score (nSPS) is 11.4. The van der Waals surface area contributed by atoms with Crippen LogP contribution in [0.15, 0.2) is 48.5 Å². The molecule has 0 radical (unpaired) electrons. The second-order valence-corrected chi connectivity index (χ2v) is 4.75. The van der Waals surface area contributed by atoms with E-state index in [9.17, 15) is 13.2 Å². The third-order valence-electron chi connectivity index (χ3n) is 3.17. The highest BCUT2D eigenvalue weighted by Gasteiger charge is 2.32. The highest BCUT2D eigenvalue weighted by atomic mass is 19.4. The van der Waals surface area contributed by atoms with Crippen molar-refractivity contribution >= 4 is 5.69 Å². The van der Waals surface area contributed by atoms with E-state index >= 15 is 0 Å². The van der Waals surface area contributed by atoms with Crippen LogP contribution < -0.4 is 11.1 Å². The molecule has 3 N–H and O–H groups in total. The fourth-order valence-electron chi connectivity index (χ4n) is 2.07. The van der Waals surface area contributed by atoms with E-state index in [0.717, 1.165) is 23.6 Å². The lowest BCUT2D eigenvalue weighted by molar-refractivity contribution is -0.136. The minimum atomic E-state index is -4.35. The molecule has 0 aliphatic carbocycles. The van der Waals surface area contributed by atoms with Crippen molar-refractivity contribution < 1.29 is 13.2 Å². The quantitative estimate of drug-likeness (QED) is 0.880. The Labute approximate surface area is 121 Å². The lowest BCUT2D eigenvalue weighted by Gasteiger charge is -2.14. The van der Waals surface area contributed by atoms with Crippen molar-refractivity contribution in [3.05, 3.63) is 65.2 Å². The fourth-order valence-corrected chi connectivity index (χ4v) is 2.07. The van der Waals surface area contributed by atoms with Crippen LogP contribution in [-0.2, 0) is 19.1 Å². The molecule has 0 spiro atoms. The van der Waals surface area contributed by atoms with Crippen molar-refractivity contribution in [2.24, 2.45) is 5.73 Å². The summed E-state index contributed by atoms with van der Waals surface area (Å²) < 4.78 is 38.6. The summed E-state index contributed by atoms with van der Waals surface area (Å²) in [5.41, 5.74) is 6.96. The molecular formula is C16H17F3N2. The van der Waals surface area contributed by atoms with Crippen LogP contribution in [0.2, 0.25) is 0 Å². The van der Waals surface area contributed by atoms with Gasteiger partial charge in [0.1, 0.15) is 0 Å². The van der Waals surface area contributed by atoms with E-state index in [0.29, 0.717) is 13.1 Å². The Kier molecular flexibility index (Phi) is 4.85. The molecular weight excluding hydrogens is 277 g/mol. The lowest BCUT2D eigenvalue weighted by atomic mass is 10.1. The molecule has 0 aliphatic rings. The van der Waals surface area contributed by atoms with E-state index in [1.54, 1.807) is 6.07 Å². The zero-order chi connectivity index (χ0) is 15.3. The zero-order valence-electron chi connectivity index (χ0n) is 11.5. The molecule has 0 aliphatic heterocycles. The van der Waals surface area contributed by atoms with Gasteiger partial charge in [-0.15, -0.1) is 0 Å². The van der Waals surface area contributed by atoms with Crippen molar-refractivity contribution in [1.29, 1.82) is 0 Å². The molecule has 0 bridgehead atoms. The topological polar surface area (TPSA) is 38.0 Å². The van der Waals surface area contributed by atoms with E-state index in [4.69, 9.17) is 5.73 Å². The van der Waals surface area contributed by atoms with Crippen LogP contribution in [0.3, 0.4) is 0 Å². The second kappa shape index (κ2) is 6.63. The maximum absolute atomic E-state index is 12.9. The highest BCUT2D eigenvalue weighted by molar-refractivity contribution is 5.52. The summed E-state index contributed by atoms with van der Waals surface area (Å²) in [6, 6.07) is 13.2. The molecule has 5 heteroatoms. The number of anilines is 1. The summed E-state index contributed by atoms with van der Waals surface area (Å²) in [5, 5.41) is 2.84. The van der Waals surface area contributed by atoms with Gasteiger partial charge in [-0.2, -0.15) is 13.2 Å². The van der Waals surface area contributed by atoms with Gasteiger partial charge in [0.25, 0.3) is 0 Å². The average molecular weight is 294 g/mol. The molecule has 0 atom stereocenters. The van der Waals surface area contributed by atoms with E-state index in [-0.39, 0.29) is 5.69 Å². The third kappa shape index (κ3) is 4.23. The average Bonchev–Trinajstić information content (AvgIpc) is 2.46. The molecule has 0 saturated carbocycles. The minimum Gasteiger partial charge on any atom is -0.380 e. The second-order valence-electron chi connectivity index (χ2n) is 4.75. The molecule has 112 valence electrons. The minimum absolute atomic E-state index is 0.0936. The maximum Gasteiger partial charge on any atom is 0.418 e. The maximum atomic E-state index is 12.9. The van der Waals surface area contributed by atoms with Crippen LogP contribution in [0, 0.1) is 0 Å². The predicted octanol–water partition coefficient (Wildman–Crippen LogP) is 3.82. The third-order valence-corrected chi connectivity index (χ3v) is 3.17. The smallest absolute Gasteiger partial charge is 0.380 e. The van der Waals surface area contributed by atoms with Crippen molar-refractivity contribution in [3.8, 4) is 0 Å². The molecule has 0 amide bonds. The van der Waals surface area contributed by atoms with Gasteiger partial charge in [0, 0.05) is 12.2 Å². The number of rotatable bonds is 5. The van der Waals surface area contributed by atoms with E-state index in [2.05, 4.69) is 5.32 Å². The van der Waals surface area contributed by atoms with Gasteiger partial charge in [-0.1, -0.05) is 36.4 Å². The largest absolute Gasteiger partial charge is 0.418 e. The van der Waals surface area contributed by atoms with Crippen LogP contribution in [-0.4, -0.2) is 6.54 Å². The lowest BCUT2D eigenvalue weighted by Crippen LogP contribution is -2.10. The molecule has 0 heterocycles. The molecule has 21 heavy (non-hydrogen) atoms. The number of hydrogen-bond donors (Lipinski definition) is 2. The van der Waals surface area contributed by atoms with Crippen LogP contribution in [0.5, 0.6) is 0 Å². The number of nitrogens with two attached hydrogens (primary N) is 1. The first-order valence-electron chi connectivity index (χ1n) is 6.68. The number of nitrogens with one attached hydrogen (secondary N) is 1. The highest BCUT2D eigenvalue weighted by Crippen LogP contribution is 2.34. The van der Waals surface area contributed by atoms with Gasteiger partial charge < -0.3 is 11.1 Å². The Hall–Kier alpha value is -2.01. The van der Waals surface area contributed by atoms with Gasteiger partial charge in [-0.25, -0.2) is 0 Å². The Balaban J connectivity index is 2.06. The number of benzene rings is 2. The van der Waals surface area contributed by atoms with Gasteiger partial charge >= 0.3 is 6.18 Å². The molecule has 2 aromatic rings. The van der Waals surface area contributed by atoms with E-state index < -0.39 is 11.7 Å². The molecule has 0 saturated heterocycles. The Morgan fingerprint density at radius 3 is 2.14 bits per heavy atom. The summed E-state index contributed by atoms with van der Waals surface area (Å²) in [4.78, 5) is 0. The Morgan fingerprint density at radius 2 is 1.52 bits per heavy atom. The number of hydrogen-bond acceptors (Lipinski definition) is 2. The predicted molar refractivity (Wildman–Crippen MR) is 78.0 cm³/mol. The summed E-state index contributed by atoms with van der Waals surface area (Å²) in [6.45, 7) is 0.923. The van der Waals surface area contributed by atoms with E-state index in [1.165, 1.54) is 12.1 Å². The van der Waals surface area contributed by atoms with Crippen molar-refractivity contribution in [2.75, 3.05) is 11.9 Å². The van der Waals surface area contributed by atoms with Gasteiger partial charge in [-0.05, 0) is 36.2 Å². The van der Waals surface area contributed by atoms with Crippen molar-refractivity contribution in [3.63, 3.8) is 0 Å². The fraction of sp³-hybridized carbons (Fsp3) is 0.250. The van der Waals surface area contributed by atoms with Crippen LogP contribution >= 0.6 is 0 Å².